The van der Waals surface area contributed by atoms with Gasteiger partial charge in [-0.05, 0) is 32.4 Å². The molecule has 0 heterocycles. The number of rotatable bonds is 8. The highest BCUT2D eigenvalue weighted by atomic mass is 127. The van der Waals surface area contributed by atoms with Crippen LogP contribution in [0.1, 0.15) is 20.3 Å². The first-order valence-corrected chi connectivity index (χ1v) is 7.38. The first-order chi connectivity index (χ1) is 10.7. The van der Waals surface area contributed by atoms with Gasteiger partial charge in [-0.1, -0.05) is 12.2 Å². The van der Waals surface area contributed by atoms with E-state index >= 15 is 0 Å². The Hall–Kier alpha value is -1.38. The normalized spacial score (nSPS) is 11.2. The molecule has 130 valence electrons. The van der Waals surface area contributed by atoms with Crippen LogP contribution < -0.4 is 15.4 Å². The van der Waals surface area contributed by atoms with Crippen molar-refractivity contribution in [1.82, 2.24) is 10.6 Å². The van der Waals surface area contributed by atoms with Crippen LogP contribution in [0.25, 0.3) is 0 Å². The number of aliphatic imine (C=N–C) groups is 1. The summed E-state index contributed by atoms with van der Waals surface area (Å²) in [5.41, 5.74) is 0. The van der Waals surface area contributed by atoms with Gasteiger partial charge in [-0.15, -0.1) is 24.0 Å². The van der Waals surface area contributed by atoms with Crippen molar-refractivity contribution in [3.8, 4) is 5.75 Å². The zero-order valence-corrected chi connectivity index (χ0v) is 15.8. The van der Waals surface area contributed by atoms with Crippen LogP contribution >= 0.6 is 24.0 Å². The summed E-state index contributed by atoms with van der Waals surface area (Å²) < 4.78 is 31.4. The molecule has 0 saturated carbocycles. The standard InChI is InChI=1S/C16H23F2N3O.HI/c1-3-5-6-9-20-16(19-4-2)21-10-11-22-15-8-7-13(17)12-14(15)18;/h3,5,7-8,12H,4,6,9-11H2,1-2H3,(H2,19,20,21);1H/b5-3+;. The van der Waals surface area contributed by atoms with Crippen LogP contribution in [0, 0.1) is 11.6 Å². The van der Waals surface area contributed by atoms with Gasteiger partial charge in [0.05, 0.1) is 6.54 Å². The van der Waals surface area contributed by atoms with Crippen LogP contribution in [0.3, 0.4) is 0 Å². The molecular weight excluding hydrogens is 415 g/mol. The van der Waals surface area contributed by atoms with Gasteiger partial charge in [-0.2, -0.15) is 0 Å². The summed E-state index contributed by atoms with van der Waals surface area (Å²) >= 11 is 0. The van der Waals surface area contributed by atoms with Crippen molar-refractivity contribution >= 4 is 29.9 Å². The van der Waals surface area contributed by atoms with Gasteiger partial charge in [0, 0.05) is 19.2 Å². The molecule has 0 fully saturated rings. The zero-order chi connectivity index (χ0) is 16.2. The van der Waals surface area contributed by atoms with Gasteiger partial charge in [0.25, 0.3) is 0 Å². The van der Waals surface area contributed by atoms with Crippen molar-refractivity contribution in [1.29, 1.82) is 0 Å². The average Bonchev–Trinajstić information content (AvgIpc) is 2.49. The lowest BCUT2D eigenvalue weighted by Gasteiger charge is -2.12. The second kappa shape index (κ2) is 13.1. The lowest BCUT2D eigenvalue weighted by atomic mass is 10.3. The molecule has 0 atom stereocenters. The predicted molar refractivity (Wildman–Crippen MR) is 101 cm³/mol. The third-order valence-electron chi connectivity index (χ3n) is 2.69. The average molecular weight is 439 g/mol. The van der Waals surface area contributed by atoms with E-state index in [0.29, 0.717) is 19.0 Å². The fourth-order valence-corrected chi connectivity index (χ4v) is 1.68. The second-order valence-corrected chi connectivity index (χ2v) is 4.47. The minimum absolute atomic E-state index is 0. The van der Waals surface area contributed by atoms with Gasteiger partial charge in [0.15, 0.2) is 17.5 Å². The van der Waals surface area contributed by atoms with E-state index in [2.05, 4.69) is 15.6 Å². The Kier molecular flexibility index (Phi) is 12.3. The van der Waals surface area contributed by atoms with Gasteiger partial charge in [-0.3, -0.25) is 4.99 Å². The summed E-state index contributed by atoms with van der Waals surface area (Å²) in [4.78, 5) is 4.39. The molecular formula is C16H24F2IN3O. The third-order valence-corrected chi connectivity index (χ3v) is 2.69. The number of allylic oxidation sites excluding steroid dienone is 1. The maximum Gasteiger partial charge on any atom is 0.191 e. The van der Waals surface area contributed by atoms with E-state index in [-0.39, 0.29) is 36.3 Å². The largest absolute Gasteiger partial charge is 0.489 e. The van der Waals surface area contributed by atoms with Crippen LogP contribution in [0.15, 0.2) is 35.3 Å². The first kappa shape index (κ1) is 21.6. The van der Waals surface area contributed by atoms with Crippen LogP contribution in [-0.2, 0) is 0 Å². The minimum Gasteiger partial charge on any atom is -0.489 e. The predicted octanol–water partition coefficient (Wildman–Crippen LogP) is 3.48. The number of ether oxygens (including phenoxy) is 1. The number of guanidine groups is 1. The molecule has 2 N–H and O–H groups in total. The van der Waals surface area contributed by atoms with E-state index in [1.165, 1.54) is 12.1 Å². The maximum absolute atomic E-state index is 13.4. The Morgan fingerprint density at radius 1 is 1.30 bits per heavy atom. The molecule has 23 heavy (non-hydrogen) atoms. The van der Waals surface area contributed by atoms with Gasteiger partial charge in [0.1, 0.15) is 12.4 Å². The quantitative estimate of drug-likeness (QED) is 0.214. The molecule has 0 bridgehead atoms. The number of hydrogen-bond donors (Lipinski definition) is 2. The van der Waals surface area contributed by atoms with Crippen LogP contribution in [0.2, 0.25) is 0 Å². The molecule has 1 aromatic carbocycles. The Bertz CT molecular complexity index is 510. The Balaban J connectivity index is 0.00000484. The zero-order valence-electron chi connectivity index (χ0n) is 13.4. The molecule has 0 aliphatic rings. The van der Waals surface area contributed by atoms with Crippen molar-refractivity contribution in [2.75, 3.05) is 26.2 Å². The van der Waals surface area contributed by atoms with E-state index in [1.54, 1.807) is 0 Å². The maximum atomic E-state index is 13.4. The topological polar surface area (TPSA) is 45.7 Å². The lowest BCUT2D eigenvalue weighted by Crippen LogP contribution is -2.39. The van der Waals surface area contributed by atoms with E-state index in [4.69, 9.17) is 4.74 Å². The SMILES string of the molecule is C/C=C/CCN=C(NCC)NCCOc1ccc(F)cc1F.I. The molecule has 0 aliphatic carbocycles. The van der Waals surface area contributed by atoms with Gasteiger partial charge >= 0.3 is 0 Å². The molecule has 0 radical (unpaired) electrons. The molecule has 0 aliphatic heterocycles. The van der Waals surface area contributed by atoms with E-state index < -0.39 is 11.6 Å². The number of hydrogen-bond acceptors (Lipinski definition) is 2. The summed E-state index contributed by atoms with van der Waals surface area (Å²) in [7, 11) is 0. The van der Waals surface area contributed by atoms with E-state index in [0.717, 1.165) is 19.0 Å². The second-order valence-electron chi connectivity index (χ2n) is 4.47. The van der Waals surface area contributed by atoms with Crippen LogP contribution in [-0.4, -0.2) is 32.2 Å². The highest BCUT2D eigenvalue weighted by molar-refractivity contribution is 14.0. The Morgan fingerprint density at radius 2 is 2.09 bits per heavy atom. The summed E-state index contributed by atoms with van der Waals surface area (Å²) in [6.07, 6.45) is 4.92. The molecule has 0 aromatic heterocycles. The van der Waals surface area contributed by atoms with Crippen LogP contribution in [0.4, 0.5) is 8.78 Å². The van der Waals surface area contributed by atoms with Crippen LogP contribution in [0.5, 0.6) is 5.75 Å². The number of nitrogens with zero attached hydrogens (tertiary/aromatic N) is 1. The molecule has 0 unspecified atom stereocenters. The highest BCUT2D eigenvalue weighted by Crippen LogP contribution is 2.17. The first-order valence-electron chi connectivity index (χ1n) is 7.38. The monoisotopic (exact) mass is 439 g/mol. The van der Waals surface area contributed by atoms with Crippen molar-refractivity contribution in [3.05, 3.63) is 42.0 Å². The third kappa shape index (κ3) is 9.37. The summed E-state index contributed by atoms with van der Waals surface area (Å²) in [5, 5.41) is 6.20. The number of halogens is 3. The molecule has 7 heteroatoms. The highest BCUT2D eigenvalue weighted by Gasteiger charge is 2.04. The molecule has 0 saturated heterocycles. The molecule has 1 aromatic rings. The van der Waals surface area contributed by atoms with Crippen molar-refractivity contribution in [3.63, 3.8) is 0 Å². The lowest BCUT2D eigenvalue weighted by molar-refractivity contribution is 0.304. The molecule has 1 rings (SSSR count). The summed E-state index contributed by atoms with van der Waals surface area (Å²) in [5.74, 6) is -0.592. The van der Waals surface area contributed by atoms with E-state index in [9.17, 15) is 8.78 Å². The van der Waals surface area contributed by atoms with Gasteiger partial charge in [-0.25, -0.2) is 8.78 Å². The van der Waals surface area contributed by atoms with Gasteiger partial charge in [0.2, 0.25) is 0 Å². The number of benzene rings is 1. The molecule has 4 nitrogen and oxygen atoms in total. The number of nitrogens with one attached hydrogen (secondary N) is 2. The smallest absolute Gasteiger partial charge is 0.191 e. The molecule has 0 spiro atoms. The van der Waals surface area contributed by atoms with E-state index in [1.807, 2.05) is 26.0 Å². The Morgan fingerprint density at radius 3 is 2.74 bits per heavy atom. The van der Waals surface area contributed by atoms with Gasteiger partial charge < -0.3 is 15.4 Å². The summed E-state index contributed by atoms with van der Waals surface area (Å²) in [6.45, 7) is 6.11. The van der Waals surface area contributed by atoms with Crippen molar-refractivity contribution in [2.24, 2.45) is 4.99 Å². The fraction of sp³-hybridized carbons (Fsp3) is 0.438. The molecule has 0 amide bonds. The minimum atomic E-state index is -0.702. The van der Waals surface area contributed by atoms with Crippen molar-refractivity contribution < 1.29 is 13.5 Å². The summed E-state index contributed by atoms with van der Waals surface area (Å²) in [6, 6.07) is 3.25. The fourth-order valence-electron chi connectivity index (χ4n) is 1.68. The Labute approximate surface area is 153 Å². The van der Waals surface area contributed by atoms with Crippen molar-refractivity contribution in [2.45, 2.75) is 20.3 Å².